The van der Waals surface area contributed by atoms with Crippen LogP contribution < -0.4 is 15.9 Å². The molecule has 0 aliphatic carbocycles. The number of hydrazone groups is 1. The van der Waals surface area contributed by atoms with Crippen LogP contribution in [0.5, 0.6) is 5.75 Å². The van der Waals surface area contributed by atoms with Crippen molar-refractivity contribution in [3.8, 4) is 5.75 Å². The summed E-state index contributed by atoms with van der Waals surface area (Å²) < 4.78 is 5.18. The number of hydrogen-bond acceptors (Lipinski definition) is 4. The average molecular weight is 191 g/mol. The van der Waals surface area contributed by atoms with Crippen molar-refractivity contribution < 1.29 is 9.53 Å². The molecular weight excluding hydrogens is 182 g/mol. The maximum Gasteiger partial charge on any atom is 0.262 e. The monoisotopic (exact) mass is 191 g/mol. The summed E-state index contributed by atoms with van der Waals surface area (Å²) in [4.78, 5) is 11.0. The van der Waals surface area contributed by atoms with E-state index in [1.54, 1.807) is 12.1 Å². The molecule has 0 bridgehead atoms. The van der Waals surface area contributed by atoms with Gasteiger partial charge in [-0.25, -0.2) is 0 Å². The second-order valence-corrected chi connectivity index (χ2v) is 2.87. The number of nitrogens with two attached hydrogens (primary N) is 1. The highest BCUT2D eigenvalue weighted by atomic mass is 16.5. The van der Waals surface area contributed by atoms with E-state index in [1.165, 1.54) is 6.21 Å². The van der Waals surface area contributed by atoms with Crippen LogP contribution in [0.4, 0.5) is 5.69 Å². The van der Waals surface area contributed by atoms with Crippen molar-refractivity contribution in [1.29, 1.82) is 0 Å². The smallest absolute Gasteiger partial charge is 0.262 e. The van der Waals surface area contributed by atoms with E-state index in [4.69, 9.17) is 10.6 Å². The third kappa shape index (κ3) is 1.52. The number of hydrogen-bond donors (Lipinski definition) is 2. The minimum absolute atomic E-state index is 0.0668. The molecule has 1 amide bonds. The normalized spacial score (nSPS) is 14.7. The predicted molar refractivity (Wildman–Crippen MR) is 52.3 cm³/mol. The topological polar surface area (TPSA) is 76.7 Å². The van der Waals surface area contributed by atoms with Gasteiger partial charge in [0.15, 0.2) is 6.61 Å². The SMILES string of the molecule is NN=Cc1ccc2c(c1)NC(=O)CO2. The third-order valence-electron chi connectivity index (χ3n) is 1.86. The van der Waals surface area contributed by atoms with Crippen LogP contribution in [-0.2, 0) is 4.79 Å². The lowest BCUT2D eigenvalue weighted by molar-refractivity contribution is -0.118. The van der Waals surface area contributed by atoms with Gasteiger partial charge < -0.3 is 15.9 Å². The summed E-state index contributed by atoms with van der Waals surface area (Å²) >= 11 is 0. The van der Waals surface area contributed by atoms with E-state index in [-0.39, 0.29) is 12.5 Å². The first-order chi connectivity index (χ1) is 6.79. The summed E-state index contributed by atoms with van der Waals surface area (Å²) in [6, 6.07) is 5.33. The number of rotatable bonds is 1. The standard InChI is InChI=1S/C9H9N3O2/c10-11-4-6-1-2-8-7(3-6)12-9(13)5-14-8/h1-4H,5,10H2,(H,12,13). The van der Waals surface area contributed by atoms with Gasteiger partial charge >= 0.3 is 0 Å². The molecule has 14 heavy (non-hydrogen) atoms. The molecule has 0 aromatic heterocycles. The predicted octanol–water partition coefficient (Wildman–Crippen LogP) is 0.310. The highest BCUT2D eigenvalue weighted by Gasteiger charge is 2.15. The van der Waals surface area contributed by atoms with E-state index < -0.39 is 0 Å². The van der Waals surface area contributed by atoms with Gasteiger partial charge in [-0.05, 0) is 23.8 Å². The molecule has 1 aliphatic heterocycles. The highest BCUT2D eigenvalue weighted by Crippen LogP contribution is 2.27. The largest absolute Gasteiger partial charge is 0.482 e. The van der Waals surface area contributed by atoms with E-state index in [0.29, 0.717) is 11.4 Å². The quantitative estimate of drug-likeness (QED) is 0.381. The highest BCUT2D eigenvalue weighted by molar-refractivity contribution is 5.96. The number of nitrogens with zero attached hydrogens (tertiary/aromatic N) is 1. The van der Waals surface area contributed by atoms with Gasteiger partial charge in [0, 0.05) is 0 Å². The molecular formula is C9H9N3O2. The minimum Gasteiger partial charge on any atom is -0.482 e. The summed E-state index contributed by atoms with van der Waals surface area (Å²) in [7, 11) is 0. The number of amides is 1. The Labute approximate surface area is 80.6 Å². The molecule has 1 aliphatic rings. The van der Waals surface area contributed by atoms with Crippen LogP contribution in [0, 0.1) is 0 Å². The summed E-state index contributed by atoms with van der Waals surface area (Å²) in [6.07, 6.45) is 1.50. The molecule has 0 saturated carbocycles. The summed E-state index contributed by atoms with van der Waals surface area (Å²) in [6.45, 7) is 0.0668. The molecule has 0 atom stereocenters. The van der Waals surface area contributed by atoms with Crippen LogP contribution in [0.15, 0.2) is 23.3 Å². The van der Waals surface area contributed by atoms with Gasteiger partial charge in [0.05, 0.1) is 11.9 Å². The number of carbonyl (C=O) groups excluding carboxylic acids is 1. The summed E-state index contributed by atoms with van der Waals surface area (Å²) in [5, 5.41) is 6.09. The molecule has 0 spiro atoms. The van der Waals surface area contributed by atoms with Gasteiger partial charge in [-0.2, -0.15) is 5.10 Å². The lowest BCUT2D eigenvalue weighted by Crippen LogP contribution is -2.25. The molecule has 0 saturated heterocycles. The van der Waals surface area contributed by atoms with Crippen LogP contribution in [0.1, 0.15) is 5.56 Å². The van der Waals surface area contributed by atoms with E-state index in [0.717, 1.165) is 5.56 Å². The van der Waals surface area contributed by atoms with E-state index >= 15 is 0 Å². The molecule has 5 nitrogen and oxygen atoms in total. The van der Waals surface area contributed by atoms with Gasteiger partial charge in [0.25, 0.3) is 5.91 Å². The molecule has 1 aromatic carbocycles. The Kier molecular flexibility index (Phi) is 2.06. The molecule has 72 valence electrons. The lowest BCUT2D eigenvalue weighted by Gasteiger charge is -2.17. The Morgan fingerprint density at radius 2 is 2.43 bits per heavy atom. The number of anilines is 1. The van der Waals surface area contributed by atoms with Crippen molar-refractivity contribution in [2.75, 3.05) is 11.9 Å². The van der Waals surface area contributed by atoms with Crippen LogP contribution >= 0.6 is 0 Å². The van der Waals surface area contributed by atoms with Crippen LogP contribution in [-0.4, -0.2) is 18.7 Å². The van der Waals surface area contributed by atoms with Gasteiger partial charge in [-0.15, -0.1) is 0 Å². The van der Waals surface area contributed by atoms with E-state index in [9.17, 15) is 4.79 Å². The second kappa shape index (κ2) is 3.37. The Balaban J connectivity index is 2.37. The fraction of sp³-hybridized carbons (Fsp3) is 0.111. The number of benzene rings is 1. The summed E-state index contributed by atoms with van der Waals surface area (Å²) in [5.41, 5.74) is 1.47. The van der Waals surface area contributed by atoms with E-state index in [1.807, 2.05) is 6.07 Å². The molecule has 1 aromatic rings. The first-order valence-corrected chi connectivity index (χ1v) is 4.09. The average Bonchev–Trinajstić information content (AvgIpc) is 2.17. The molecule has 1 heterocycles. The zero-order valence-electron chi connectivity index (χ0n) is 7.36. The number of nitrogens with one attached hydrogen (secondary N) is 1. The molecule has 0 fully saturated rings. The fourth-order valence-electron chi connectivity index (χ4n) is 1.27. The molecule has 0 unspecified atom stereocenters. The number of ether oxygens (including phenoxy) is 1. The fourth-order valence-corrected chi connectivity index (χ4v) is 1.27. The van der Waals surface area contributed by atoms with Crippen molar-refractivity contribution in [2.24, 2.45) is 10.9 Å². The Morgan fingerprint density at radius 3 is 3.21 bits per heavy atom. The molecule has 5 heteroatoms. The zero-order valence-corrected chi connectivity index (χ0v) is 7.36. The summed E-state index contributed by atoms with van der Waals surface area (Å²) in [5.74, 6) is 5.53. The Bertz CT molecular complexity index is 401. The lowest BCUT2D eigenvalue weighted by atomic mass is 10.2. The maximum atomic E-state index is 11.0. The number of carbonyl (C=O) groups is 1. The van der Waals surface area contributed by atoms with Gasteiger partial charge in [-0.3, -0.25) is 4.79 Å². The molecule has 0 radical (unpaired) electrons. The van der Waals surface area contributed by atoms with Gasteiger partial charge in [-0.1, -0.05) is 0 Å². The second-order valence-electron chi connectivity index (χ2n) is 2.87. The van der Waals surface area contributed by atoms with Gasteiger partial charge in [0.1, 0.15) is 5.75 Å². The van der Waals surface area contributed by atoms with Gasteiger partial charge in [0.2, 0.25) is 0 Å². The van der Waals surface area contributed by atoms with E-state index in [2.05, 4.69) is 10.4 Å². The third-order valence-corrected chi connectivity index (χ3v) is 1.86. The molecule has 3 N–H and O–H groups in total. The maximum absolute atomic E-state index is 11.0. The van der Waals surface area contributed by atoms with Crippen molar-refractivity contribution in [3.05, 3.63) is 23.8 Å². The number of fused-ring (bicyclic) bond motifs is 1. The van der Waals surface area contributed by atoms with Crippen molar-refractivity contribution in [3.63, 3.8) is 0 Å². The van der Waals surface area contributed by atoms with Crippen LogP contribution in [0.25, 0.3) is 0 Å². The Morgan fingerprint density at radius 1 is 1.57 bits per heavy atom. The van der Waals surface area contributed by atoms with Crippen LogP contribution in [0.3, 0.4) is 0 Å². The Hall–Kier alpha value is -2.04. The molecule has 2 rings (SSSR count). The minimum atomic E-state index is -0.153. The van der Waals surface area contributed by atoms with Crippen molar-refractivity contribution in [2.45, 2.75) is 0 Å². The first-order valence-electron chi connectivity index (χ1n) is 4.09. The first kappa shape index (κ1) is 8.55. The van der Waals surface area contributed by atoms with Crippen molar-refractivity contribution in [1.82, 2.24) is 0 Å². The van der Waals surface area contributed by atoms with Crippen molar-refractivity contribution >= 4 is 17.8 Å². The van der Waals surface area contributed by atoms with Crippen LogP contribution in [0.2, 0.25) is 0 Å². The zero-order chi connectivity index (χ0) is 9.97.